The lowest BCUT2D eigenvalue weighted by molar-refractivity contribution is 0.0990. The van der Waals surface area contributed by atoms with Gasteiger partial charge in [0.2, 0.25) is 0 Å². The van der Waals surface area contributed by atoms with E-state index in [0.717, 1.165) is 22.3 Å². The third-order valence-electron chi connectivity index (χ3n) is 4.11. The molecule has 0 amide bonds. The molecule has 2 N–H and O–H groups in total. The fourth-order valence-electron chi connectivity index (χ4n) is 2.91. The van der Waals surface area contributed by atoms with Gasteiger partial charge in [-0.3, -0.25) is 4.79 Å². The zero-order valence-electron chi connectivity index (χ0n) is 14.5. The standard InChI is InChI=1S/C20H23Cl2NO2/c1-13-7-14(2)9-17(8-13)20(25)12-23-11-16(5-6-24)15-3-4-18(21)19(22)10-15/h3-4,7-10,16,23-24H,5-6,11-12H2,1-2H3. The van der Waals surface area contributed by atoms with E-state index in [9.17, 15) is 9.90 Å². The third kappa shape index (κ3) is 5.82. The molecule has 0 fully saturated rings. The SMILES string of the molecule is Cc1cc(C)cc(C(=O)CNCC(CCO)c2ccc(Cl)c(Cl)c2)c1. The van der Waals surface area contributed by atoms with Crippen molar-refractivity contribution in [1.82, 2.24) is 5.32 Å². The van der Waals surface area contributed by atoms with Crippen LogP contribution in [0.3, 0.4) is 0 Å². The lowest BCUT2D eigenvalue weighted by Gasteiger charge is -2.17. The molecule has 1 atom stereocenters. The summed E-state index contributed by atoms with van der Waals surface area (Å²) < 4.78 is 0. The van der Waals surface area contributed by atoms with Gasteiger partial charge in [-0.2, -0.15) is 0 Å². The minimum Gasteiger partial charge on any atom is -0.396 e. The molecular weight excluding hydrogens is 357 g/mol. The first-order chi connectivity index (χ1) is 11.9. The summed E-state index contributed by atoms with van der Waals surface area (Å²) in [4.78, 5) is 12.4. The van der Waals surface area contributed by atoms with Crippen LogP contribution in [0.5, 0.6) is 0 Å². The summed E-state index contributed by atoms with van der Waals surface area (Å²) in [5, 5.41) is 13.5. The van der Waals surface area contributed by atoms with Gasteiger partial charge in [-0.05, 0) is 56.0 Å². The van der Waals surface area contributed by atoms with Crippen molar-refractivity contribution in [3.05, 3.63) is 68.7 Å². The average Bonchev–Trinajstić information content (AvgIpc) is 2.55. The fourth-order valence-corrected chi connectivity index (χ4v) is 3.21. The number of rotatable bonds is 8. The summed E-state index contributed by atoms with van der Waals surface area (Å²) in [5.74, 6) is 0.121. The molecule has 0 aliphatic carbocycles. The molecule has 0 aromatic heterocycles. The highest BCUT2D eigenvalue weighted by atomic mass is 35.5. The molecule has 0 spiro atoms. The van der Waals surface area contributed by atoms with E-state index in [1.165, 1.54) is 0 Å². The van der Waals surface area contributed by atoms with Crippen molar-refractivity contribution in [2.75, 3.05) is 19.7 Å². The maximum Gasteiger partial charge on any atom is 0.176 e. The van der Waals surface area contributed by atoms with Gasteiger partial charge in [0.1, 0.15) is 0 Å². The zero-order valence-corrected chi connectivity index (χ0v) is 16.0. The van der Waals surface area contributed by atoms with E-state index in [4.69, 9.17) is 23.2 Å². The Morgan fingerprint density at radius 2 is 1.76 bits per heavy atom. The van der Waals surface area contributed by atoms with Crippen molar-refractivity contribution in [2.24, 2.45) is 0 Å². The first-order valence-electron chi connectivity index (χ1n) is 8.28. The Bertz CT molecular complexity index is 726. The number of aliphatic hydroxyl groups is 1. The second-order valence-corrected chi connectivity index (χ2v) is 7.13. The van der Waals surface area contributed by atoms with E-state index in [0.29, 0.717) is 23.0 Å². The largest absolute Gasteiger partial charge is 0.396 e. The summed E-state index contributed by atoms with van der Waals surface area (Å²) in [6.07, 6.45) is 0.586. The van der Waals surface area contributed by atoms with Crippen LogP contribution in [0.15, 0.2) is 36.4 Å². The van der Waals surface area contributed by atoms with Gasteiger partial charge in [-0.15, -0.1) is 0 Å². The van der Waals surface area contributed by atoms with Gasteiger partial charge in [0.25, 0.3) is 0 Å². The van der Waals surface area contributed by atoms with E-state index in [-0.39, 0.29) is 24.9 Å². The van der Waals surface area contributed by atoms with Crippen LogP contribution in [0.25, 0.3) is 0 Å². The topological polar surface area (TPSA) is 49.3 Å². The first-order valence-corrected chi connectivity index (χ1v) is 9.04. The number of Topliss-reactive ketones (excluding diaryl/α,β-unsaturated/α-hetero) is 1. The summed E-state index contributed by atoms with van der Waals surface area (Å²) in [6, 6.07) is 11.3. The highest BCUT2D eigenvalue weighted by Crippen LogP contribution is 2.27. The molecule has 3 nitrogen and oxygen atoms in total. The maximum absolute atomic E-state index is 12.4. The zero-order chi connectivity index (χ0) is 18.4. The van der Waals surface area contributed by atoms with E-state index in [1.807, 2.05) is 44.2 Å². The number of carbonyl (C=O) groups excluding carboxylic acids is 1. The third-order valence-corrected chi connectivity index (χ3v) is 4.85. The van der Waals surface area contributed by atoms with Gasteiger partial charge in [0.15, 0.2) is 5.78 Å². The molecule has 0 radical (unpaired) electrons. The van der Waals surface area contributed by atoms with Crippen LogP contribution in [0.1, 0.15) is 39.4 Å². The Kier molecular flexibility index (Phi) is 7.45. The molecule has 2 aromatic rings. The van der Waals surface area contributed by atoms with Crippen LogP contribution in [0.4, 0.5) is 0 Å². The van der Waals surface area contributed by atoms with E-state index >= 15 is 0 Å². The van der Waals surface area contributed by atoms with Gasteiger partial charge in [0.05, 0.1) is 16.6 Å². The molecule has 5 heteroatoms. The number of halogens is 2. The lowest BCUT2D eigenvalue weighted by atomic mass is 9.96. The maximum atomic E-state index is 12.4. The normalized spacial score (nSPS) is 12.2. The summed E-state index contributed by atoms with van der Waals surface area (Å²) in [7, 11) is 0. The number of ketones is 1. The lowest BCUT2D eigenvalue weighted by Crippen LogP contribution is -2.28. The molecule has 0 aliphatic heterocycles. The molecule has 0 saturated carbocycles. The van der Waals surface area contributed by atoms with Crippen LogP contribution in [-0.4, -0.2) is 30.6 Å². The fraction of sp³-hybridized carbons (Fsp3) is 0.350. The van der Waals surface area contributed by atoms with Crippen LogP contribution >= 0.6 is 23.2 Å². The number of aliphatic hydroxyl groups excluding tert-OH is 1. The van der Waals surface area contributed by atoms with Crippen LogP contribution < -0.4 is 5.32 Å². The van der Waals surface area contributed by atoms with E-state index < -0.39 is 0 Å². The number of aryl methyl sites for hydroxylation is 2. The Hall–Kier alpha value is -1.39. The number of nitrogens with one attached hydrogen (secondary N) is 1. The van der Waals surface area contributed by atoms with Crippen LogP contribution in [0, 0.1) is 13.8 Å². The van der Waals surface area contributed by atoms with E-state index in [1.54, 1.807) is 6.07 Å². The smallest absolute Gasteiger partial charge is 0.176 e. The molecule has 1 unspecified atom stereocenters. The molecule has 134 valence electrons. The molecule has 0 heterocycles. The minimum absolute atomic E-state index is 0.0590. The van der Waals surface area contributed by atoms with Crippen molar-refractivity contribution in [2.45, 2.75) is 26.2 Å². The quantitative estimate of drug-likeness (QED) is 0.661. The van der Waals surface area contributed by atoms with Crippen LogP contribution in [-0.2, 0) is 0 Å². The molecule has 2 aromatic carbocycles. The number of hydrogen-bond donors (Lipinski definition) is 2. The molecule has 25 heavy (non-hydrogen) atoms. The summed E-state index contributed by atoms with van der Waals surface area (Å²) >= 11 is 12.0. The van der Waals surface area contributed by atoms with Crippen LogP contribution in [0.2, 0.25) is 10.0 Å². The number of carbonyl (C=O) groups is 1. The minimum atomic E-state index is 0.0590. The summed E-state index contributed by atoms with van der Waals surface area (Å²) in [5.41, 5.74) is 3.88. The monoisotopic (exact) mass is 379 g/mol. The molecular formula is C20H23Cl2NO2. The predicted molar refractivity (Wildman–Crippen MR) is 104 cm³/mol. The van der Waals surface area contributed by atoms with Crippen molar-refractivity contribution in [3.8, 4) is 0 Å². The van der Waals surface area contributed by atoms with Gasteiger partial charge >= 0.3 is 0 Å². The Labute approximate surface area is 159 Å². The Morgan fingerprint density at radius 1 is 1.08 bits per heavy atom. The van der Waals surface area contributed by atoms with Gasteiger partial charge < -0.3 is 10.4 Å². The van der Waals surface area contributed by atoms with Gasteiger partial charge in [-0.25, -0.2) is 0 Å². The molecule has 0 aliphatic rings. The second-order valence-electron chi connectivity index (χ2n) is 6.31. The number of benzene rings is 2. The Morgan fingerprint density at radius 3 is 2.36 bits per heavy atom. The molecule has 0 bridgehead atoms. The predicted octanol–water partition coefficient (Wildman–Crippen LogP) is 4.55. The summed E-state index contributed by atoms with van der Waals surface area (Å²) in [6.45, 7) is 4.87. The van der Waals surface area contributed by atoms with Gasteiger partial charge in [0, 0.05) is 18.7 Å². The highest BCUT2D eigenvalue weighted by molar-refractivity contribution is 6.42. The van der Waals surface area contributed by atoms with Crippen molar-refractivity contribution in [1.29, 1.82) is 0 Å². The number of hydrogen-bond acceptors (Lipinski definition) is 3. The van der Waals surface area contributed by atoms with Gasteiger partial charge in [-0.1, -0.05) is 46.5 Å². The molecule has 0 saturated heterocycles. The van der Waals surface area contributed by atoms with Crippen molar-refractivity contribution in [3.63, 3.8) is 0 Å². The van der Waals surface area contributed by atoms with E-state index in [2.05, 4.69) is 5.32 Å². The van der Waals surface area contributed by atoms with Crippen molar-refractivity contribution < 1.29 is 9.90 Å². The second kappa shape index (κ2) is 9.35. The molecule has 2 rings (SSSR count). The van der Waals surface area contributed by atoms with Crippen molar-refractivity contribution >= 4 is 29.0 Å². The average molecular weight is 380 g/mol. The Balaban J connectivity index is 1.99. The first kappa shape index (κ1) is 19.9. The highest BCUT2D eigenvalue weighted by Gasteiger charge is 2.14.